The molecule has 0 aliphatic carbocycles. The van der Waals surface area contributed by atoms with E-state index in [1.165, 1.54) is 6.07 Å². The smallest absolute Gasteiger partial charge is 0.416 e. The van der Waals surface area contributed by atoms with Crippen molar-refractivity contribution in [2.45, 2.75) is 25.1 Å². The van der Waals surface area contributed by atoms with Crippen molar-refractivity contribution >= 4 is 17.3 Å². The Balaban J connectivity index is 1.70. The number of hydrogen-bond donors (Lipinski definition) is 1. The highest BCUT2D eigenvalue weighted by Crippen LogP contribution is 2.35. The number of rotatable bonds is 6. The van der Waals surface area contributed by atoms with Gasteiger partial charge in [0.25, 0.3) is 5.91 Å². The number of halogens is 3. The number of benzene rings is 2. The molecule has 0 aromatic heterocycles. The Morgan fingerprint density at radius 2 is 1.93 bits per heavy atom. The monoisotopic (exact) mass is 408 g/mol. The van der Waals surface area contributed by atoms with Crippen molar-refractivity contribution < 1.29 is 27.4 Å². The van der Waals surface area contributed by atoms with E-state index < -0.39 is 17.6 Å². The minimum atomic E-state index is -4.49. The van der Waals surface area contributed by atoms with Gasteiger partial charge in [0, 0.05) is 26.3 Å². The van der Waals surface area contributed by atoms with Gasteiger partial charge in [-0.1, -0.05) is 0 Å². The van der Waals surface area contributed by atoms with E-state index >= 15 is 0 Å². The van der Waals surface area contributed by atoms with Gasteiger partial charge in [0.1, 0.15) is 12.4 Å². The Morgan fingerprint density at radius 3 is 2.52 bits per heavy atom. The van der Waals surface area contributed by atoms with E-state index in [0.717, 1.165) is 31.6 Å². The van der Waals surface area contributed by atoms with E-state index in [9.17, 15) is 18.0 Å². The lowest BCUT2D eigenvalue weighted by molar-refractivity contribution is -0.137. The summed E-state index contributed by atoms with van der Waals surface area (Å²) in [5, 5.41) is 2.58. The molecule has 2 aromatic rings. The molecule has 3 rings (SSSR count). The minimum absolute atomic E-state index is 0.0864. The number of nitrogens with zero attached hydrogens (tertiary/aromatic N) is 1. The lowest BCUT2D eigenvalue weighted by Crippen LogP contribution is -2.18. The van der Waals surface area contributed by atoms with Crippen LogP contribution in [-0.4, -0.2) is 39.3 Å². The fourth-order valence-electron chi connectivity index (χ4n) is 3.06. The highest BCUT2D eigenvalue weighted by atomic mass is 19.4. The van der Waals surface area contributed by atoms with Crippen molar-refractivity contribution in [1.82, 2.24) is 0 Å². The maximum Gasteiger partial charge on any atom is 0.416 e. The van der Waals surface area contributed by atoms with Crippen molar-refractivity contribution in [2.75, 3.05) is 37.5 Å². The van der Waals surface area contributed by atoms with Crippen molar-refractivity contribution in [3.8, 4) is 5.75 Å². The van der Waals surface area contributed by atoms with Crippen LogP contribution < -0.4 is 15.0 Å². The van der Waals surface area contributed by atoms with Crippen molar-refractivity contribution in [3.05, 3.63) is 53.6 Å². The fourth-order valence-corrected chi connectivity index (χ4v) is 3.06. The van der Waals surface area contributed by atoms with Gasteiger partial charge < -0.3 is 19.7 Å². The third kappa shape index (κ3) is 5.41. The quantitative estimate of drug-likeness (QED) is 0.760. The lowest BCUT2D eigenvalue weighted by Gasteiger charge is -2.20. The summed E-state index contributed by atoms with van der Waals surface area (Å²) < 4.78 is 50.3. The zero-order valence-corrected chi connectivity index (χ0v) is 16.3. The number of amides is 1. The van der Waals surface area contributed by atoms with E-state index in [1.54, 1.807) is 43.3 Å². The maximum atomic E-state index is 13.0. The van der Waals surface area contributed by atoms with Gasteiger partial charge in [0.05, 0.1) is 23.0 Å². The first-order valence-electron chi connectivity index (χ1n) is 9.28. The fraction of sp³-hybridized carbons (Fsp3) is 0.381. The van der Waals surface area contributed by atoms with E-state index in [1.807, 2.05) is 0 Å². The summed E-state index contributed by atoms with van der Waals surface area (Å²) in [6.07, 6.45) is -2.42. The topological polar surface area (TPSA) is 50.8 Å². The second kappa shape index (κ2) is 8.73. The second-order valence-electron chi connectivity index (χ2n) is 7.05. The van der Waals surface area contributed by atoms with Crippen molar-refractivity contribution in [3.63, 3.8) is 0 Å². The van der Waals surface area contributed by atoms with Crippen LogP contribution in [0, 0.1) is 0 Å². The van der Waals surface area contributed by atoms with Crippen LogP contribution in [0.5, 0.6) is 5.75 Å². The molecular weight excluding hydrogens is 385 g/mol. The minimum Gasteiger partial charge on any atom is -0.491 e. The molecule has 1 amide bonds. The highest BCUT2D eigenvalue weighted by Gasteiger charge is 2.31. The SMILES string of the molecule is CN(C)c1ccc(C(F)(F)F)cc1NC(=O)c1ccc(OCC2CCCO2)cc1. The molecule has 0 radical (unpaired) electrons. The molecule has 0 saturated carbocycles. The van der Waals surface area contributed by atoms with Crippen LogP contribution in [0.2, 0.25) is 0 Å². The van der Waals surface area contributed by atoms with Crippen molar-refractivity contribution in [1.29, 1.82) is 0 Å². The molecular formula is C21H23F3N2O3. The molecule has 156 valence electrons. The number of carbonyl (C=O) groups is 1. The van der Waals surface area contributed by atoms with Crippen LogP contribution in [0.4, 0.5) is 24.5 Å². The predicted molar refractivity (Wildman–Crippen MR) is 105 cm³/mol. The van der Waals surface area contributed by atoms with Gasteiger partial charge in [-0.2, -0.15) is 13.2 Å². The molecule has 1 atom stereocenters. The average molecular weight is 408 g/mol. The van der Waals surface area contributed by atoms with Gasteiger partial charge in [0.2, 0.25) is 0 Å². The number of anilines is 2. The summed E-state index contributed by atoms with van der Waals surface area (Å²) in [6.45, 7) is 1.19. The Kier molecular flexibility index (Phi) is 6.32. The Labute approximate surface area is 167 Å². The standard InChI is InChI=1S/C21H23F3N2O3/c1-26(2)19-10-7-15(21(22,23)24)12-18(19)25-20(27)14-5-8-16(9-6-14)29-13-17-4-3-11-28-17/h5-10,12,17H,3-4,11,13H2,1-2H3,(H,25,27). The molecule has 1 N–H and O–H groups in total. The van der Waals surface area contributed by atoms with Gasteiger partial charge in [-0.25, -0.2) is 0 Å². The summed E-state index contributed by atoms with van der Waals surface area (Å²) in [5.74, 6) is 0.100. The van der Waals surface area contributed by atoms with Crippen molar-refractivity contribution in [2.24, 2.45) is 0 Å². The summed E-state index contributed by atoms with van der Waals surface area (Å²) in [7, 11) is 3.39. The van der Waals surface area contributed by atoms with Gasteiger partial charge in [0.15, 0.2) is 0 Å². The zero-order valence-electron chi connectivity index (χ0n) is 16.3. The first-order valence-corrected chi connectivity index (χ1v) is 9.28. The van der Waals surface area contributed by atoms with E-state index in [-0.39, 0.29) is 11.8 Å². The normalized spacial score (nSPS) is 16.5. The molecule has 2 aromatic carbocycles. The number of ether oxygens (including phenoxy) is 2. The molecule has 1 heterocycles. The molecule has 1 saturated heterocycles. The average Bonchev–Trinajstić information content (AvgIpc) is 3.19. The molecule has 1 unspecified atom stereocenters. The molecule has 8 heteroatoms. The first kappa shape index (κ1) is 21.0. The first-order chi connectivity index (χ1) is 13.7. The molecule has 5 nitrogen and oxygen atoms in total. The molecule has 1 aliphatic rings. The summed E-state index contributed by atoms with van der Waals surface area (Å²) in [4.78, 5) is 14.2. The number of nitrogens with one attached hydrogen (secondary N) is 1. The number of hydrogen-bond acceptors (Lipinski definition) is 4. The van der Waals surface area contributed by atoms with Gasteiger partial charge >= 0.3 is 6.18 Å². The van der Waals surface area contributed by atoms with Crippen LogP contribution in [0.3, 0.4) is 0 Å². The van der Waals surface area contributed by atoms with Gasteiger partial charge in [-0.05, 0) is 55.3 Å². The van der Waals surface area contributed by atoms with Crippen LogP contribution >= 0.6 is 0 Å². The Hall–Kier alpha value is -2.74. The Bertz CT molecular complexity index is 845. The largest absolute Gasteiger partial charge is 0.491 e. The summed E-state index contributed by atoms with van der Waals surface area (Å²) in [5.41, 5.74) is 0.0595. The van der Waals surface area contributed by atoms with Gasteiger partial charge in [-0.3, -0.25) is 4.79 Å². The maximum absolute atomic E-state index is 13.0. The second-order valence-corrected chi connectivity index (χ2v) is 7.05. The summed E-state index contributed by atoms with van der Waals surface area (Å²) in [6, 6.07) is 9.72. The third-order valence-electron chi connectivity index (χ3n) is 4.63. The lowest BCUT2D eigenvalue weighted by atomic mass is 10.1. The van der Waals surface area contributed by atoms with Crippen LogP contribution in [0.15, 0.2) is 42.5 Å². The van der Waals surface area contributed by atoms with Crippen LogP contribution in [0.25, 0.3) is 0 Å². The predicted octanol–water partition coefficient (Wildman–Crippen LogP) is 4.58. The molecule has 1 aliphatic heterocycles. The number of carbonyl (C=O) groups excluding carboxylic acids is 1. The van der Waals surface area contributed by atoms with Crippen LogP contribution in [0.1, 0.15) is 28.8 Å². The molecule has 0 spiro atoms. The van der Waals surface area contributed by atoms with Gasteiger partial charge in [-0.15, -0.1) is 0 Å². The van der Waals surface area contributed by atoms with E-state index in [4.69, 9.17) is 9.47 Å². The summed E-state index contributed by atoms with van der Waals surface area (Å²) >= 11 is 0. The van der Waals surface area contributed by atoms with E-state index in [0.29, 0.717) is 23.6 Å². The molecule has 1 fully saturated rings. The molecule has 0 bridgehead atoms. The zero-order chi connectivity index (χ0) is 21.0. The Morgan fingerprint density at radius 1 is 1.21 bits per heavy atom. The van der Waals surface area contributed by atoms with Crippen LogP contribution in [-0.2, 0) is 10.9 Å². The number of alkyl halides is 3. The highest BCUT2D eigenvalue weighted by molar-refractivity contribution is 6.06. The molecule has 29 heavy (non-hydrogen) atoms. The van der Waals surface area contributed by atoms with E-state index in [2.05, 4.69) is 5.32 Å². The third-order valence-corrected chi connectivity index (χ3v) is 4.63.